The fourth-order valence-electron chi connectivity index (χ4n) is 3.00. The zero-order chi connectivity index (χ0) is 13.1. The van der Waals surface area contributed by atoms with Crippen molar-refractivity contribution >= 4 is 0 Å². The molecule has 0 aromatic heterocycles. The van der Waals surface area contributed by atoms with Gasteiger partial charge in [-0.3, -0.25) is 0 Å². The predicted octanol–water partition coefficient (Wildman–Crippen LogP) is 3.67. The number of nitrogens with zero attached hydrogens (tertiary/aromatic N) is 1. The molecule has 1 saturated heterocycles. The highest BCUT2D eigenvalue weighted by atomic mass is 15.1. The van der Waals surface area contributed by atoms with Gasteiger partial charge in [0.05, 0.1) is 0 Å². The van der Waals surface area contributed by atoms with Gasteiger partial charge in [0.15, 0.2) is 0 Å². The molecule has 0 bridgehead atoms. The van der Waals surface area contributed by atoms with Crippen molar-refractivity contribution in [3.8, 4) is 0 Å². The molecule has 0 aromatic rings. The molecule has 1 aliphatic rings. The first kappa shape index (κ1) is 16.0. The summed E-state index contributed by atoms with van der Waals surface area (Å²) in [5.74, 6) is 1.01. The summed E-state index contributed by atoms with van der Waals surface area (Å²) in [6, 6.07) is 0. The molecule has 2 nitrogen and oxygen atoms in total. The van der Waals surface area contributed by atoms with E-state index >= 15 is 0 Å². The molecular formula is C16H34N2. The van der Waals surface area contributed by atoms with Gasteiger partial charge in [-0.1, -0.05) is 33.1 Å². The number of hydrogen-bond donors (Lipinski definition) is 1. The van der Waals surface area contributed by atoms with Crippen molar-refractivity contribution in [2.45, 2.75) is 65.2 Å². The Labute approximate surface area is 115 Å². The first-order valence-corrected chi connectivity index (χ1v) is 8.29. The van der Waals surface area contributed by atoms with Gasteiger partial charge >= 0.3 is 0 Å². The maximum atomic E-state index is 3.48. The highest BCUT2D eigenvalue weighted by molar-refractivity contribution is 4.74. The SMILES string of the molecule is CCCNCCCCCCN1CCC(CCC)C1. The van der Waals surface area contributed by atoms with Crippen LogP contribution in [0.15, 0.2) is 0 Å². The van der Waals surface area contributed by atoms with Gasteiger partial charge in [-0.25, -0.2) is 0 Å². The number of likely N-dealkylation sites (tertiary alicyclic amines) is 1. The van der Waals surface area contributed by atoms with Crippen molar-refractivity contribution in [2.75, 3.05) is 32.7 Å². The Hall–Kier alpha value is -0.0800. The summed E-state index contributed by atoms with van der Waals surface area (Å²) in [5.41, 5.74) is 0. The molecule has 0 aliphatic carbocycles. The molecule has 0 spiro atoms. The zero-order valence-electron chi connectivity index (χ0n) is 12.7. The summed E-state index contributed by atoms with van der Waals surface area (Å²) >= 11 is 0. The van der Waals surface area contributed by atoms with Crippen LogP contribution in [0.5, 0.6) is 0 Å². The second-order valence-corrected chi connectivity index (χ2v) is 5.91. The first-order valence-electron chi connectivity index (χ1n) is 8.29. The Balaban J connectivity index is 1.84. The summed E-state index contributed by atoms with van der Waals surface area (Å²) < 4.78 is 0. The van der Waals surface area contributed by atoms with E-state index in [9.17, 15) is 0 Å². The summed E-state index contributed by atoms with van der Waals surface area (Å²) in [6.07, 6.45) is 11.1. The molecule has 18 heavy (non-hydrogen) atoms. The van der Waals surface area contributed by atoms with Crippen molar-refractivity contribution in [1.29, 1.82) is 0 Å². The highest BCUT2D eigenvalue weighted by Crippen LogP contribution is 2.21. The van der Waals surface area contributed by atoms with E-state index in [1.54, 1.807) is 0 Å². The van der Waals surface area contributed by atoms with Crippen LogP contribution in [0, 0.1) is 5.92 Å². The van der Waals surface area contributed by atoms with Crippen LogP contribution < -0.4 is 5.32 Å². The molecule has 1 heterocycles. The molecule has 1 unspecified atom stereocenters. The second-order valence-electron chi connectivity index (χ2n) is 5.91. The maximum Gasteiger partial charge on any atom is 0.00101 e. The zero-order valence-corrected chi connectivity index (χ0v) is 12.7. The number of rotatable bonds is 11. The average Bonchev–Trinajstić information content (AvgIpc) is 2.81. The molecule has 1 fully saturated rings. The van der Waals surface area contributed by atoms with Gasteiger partial charge in [0, 0.05) is 6.54 Å². The van der Waals surface area contributed by atoms with Gasteiger partial charge in [-0.05, 0) is 64.2 Å². The molecule has 2 heteroatoms. The Kier molecular flexibility index (Phi) is 9.59. The first-order chi connectivity index (χ1) is 8.86. The summed E-state index contributed by atoms with van der Waals surface area (Å²) in [7, 11) is 0. The molecule has 1 aliphatic heterocycles. The lowest BCUT2D eigenvalue weighted by Crippen LogP contribution is -2.22. The van der Waals surface area contributed by atoms with E-state index in [0.29, 0.717) is 0 Å². The van der Waals surface area contributed by atoms with Gasteiger partial charge in [0.2, 0.25) is 0 Å². The lowest BCUT2D eigenvalue weighted by Gasteiger charge is -2.15. The van der Waals surface area contributed by atoms with Gasteiger partial charge in [-0.2, -0.15) is 0 Å². The smallest absolute Gasteiger partial charge is 0.00101 e. The molecule has 1 rings (SSSR count). The Bertz CT molecular complexity index is 182. The maximum absolute atomic E-state index is 3.48. The summed E-state index contributed by atoms with van der Waals surface area (Å²) in [5, 5.41) is 3.48. The van der Waals surface area contributed by atoms with Crippen molar-refractivity contribution in [2.24, 2.45) is 5.92 Å². The van der Waals surface area contributed by atoms with Crippen LogP contribution in [0.2, 0.25) is 0 Å². The molecule has 0 amide bonds. The lowest BCUT2D eigenvalue weighted by molar-refractivity contribution is 0.311. The second kappa shape index (κ2) is 10.8. The topological polar surface area (TPSA) is 15.3 Å². The van der Waals surface area contributed by atoms with Crippen LogP contribution in [0.3, 0.4) is 0 Å². The fourth-order valence-corrected chi connectivity index (χ4v) is 3.00. The van der Waals surface area contributed by atoms with Gasteiger partial charge in [0.1, 0.15) is 0 Å². The third-order valence-electron chi connectivity index (χ3n) is 4.07. The number of unbranched alkanes of at least 4 members (excludes halogenated alkanes) is 3. The van der Waals surface area contributed by atoms with Crippen LogP contribution in [0.1, 0.15) is 65.2 Å². The van der Waals surface area contributed by atoms with Gasteiger partial charge in [0.25, 0.3) is 0 Å². The molecule has 0 radical (unpaired) electrons. The predicted molar refractivity (Wildman–Crippen MR) is 81.1 cm³/mol. The quantitative estimate of drug-likeness (QED) is 0.566. The Morgan fingerprint density at radius 3 is 2.61 bits per heavy atom. The van der Waals surface area contributed by atoms with Crippen LogP contribution in [0.4, 0.5) is 0 Å². The number of nitrogens with one attached hydrogen (secondary N) is 1. The van der Waals surface area contributed by atoms with E-state index in [0.717, 1.165) is 5.92 Å². The molecule has 108 valence electrons. The minimum atomic E-state index is 1.01. The van der Waals surface area contributed by atoms with E-state index in [2.05, 4.69) is 24.1 Å². The number of hydrogen-bond acceptors (Lipinski definition) is 2. The fraction of sp³-hybridized carbons (Fsp3) is 1.00. The minimum absolute atomic E-state index is 1.01. The van der Waals surface area contributed by atoms with E-state index in [1.807, 2.05) is 0 Å². The van der Waals surface area contributed by atoms with Crippen molar-refractivity contribution < 1.29 is 0 Å². The Morgan fingerprint density at radius 2 is 1.83 bits per heavy atom. The third kappa shape index (κ3) is 7.38. The van der Waals surface area contributed by atoms with E-state index < -0.39 is 0 Å². The molecular weight excluding hydrogens is 220 g/mol. The summed E-state index contributed by atoms with van der Waals surface area (Å²) in [6.45, 7) is 11.0. The van der Waals surface area contributed by atoms with Crippen LogP contribution in [0.25, 0.3) is 0 Å². The van der Waals surface area contributed by atoms with Crippen molar-refractivity contribution in [3.63, 3.8) is 0 Å². The van der Waals surface area contributed by atoms with Crippen LogP contribution in [-0.4, -0.2) is 37.6 Å². The molecule has 0 saturated carbocycles. The largest absolute Gasteiger partial charge is 0.317 e. The lowest BCUT2D eigenvalue weighted by atomic mass is 10.0. The highest BCUT2D eigenvalue weighted by Gasteiger charge is 2.20. The summed E-state index contributed by atoms with van der Waals surface area (Å²) in [4.78, 5) is 2.69. The average molecular weight is 254 g/mol. The van der Waals surface area contributed by atoms with Crippen LogP contribution in [-0.2, 0) is 0 Å². The van der Waals surface area contributed by atoms with Gasteiger partial charge < -0.3 is 10.2 Å². The van der Waals surface area contributed by atoms with Crippen LogP contribution >= 0.6 is 0 Å². The molecule has 0 aromatic carbocycles. The van der Waals surface area contributed by atoms with E-state index in [-0.39, 0.29) is 0 Å². The standard InChI is InChI=1S/C16H34N2/c1-3-9-16-10-14-18(15-16)13-8-6-5-7-12-17-11-4-2/h16-17H,3-15H2,1-2H3. The minimum Gasteiger partial charge on any atom is -0.317 e. The van der Waals surface area contributed by atoms with Crippen molar-refractivity contribution in [3.05, 3.63) is 0 Å². The normalized spacial score (nSPS) is 20.7. The van der Waals surface area contributed by atoms with Crippen molar-refractivity contribution in [1.82, 2.24) is 10.2 Å². The van der Waals surface area contributed by atoms with E-state index in [1.165, 1.54) is 84.1 Å². The third-order valence-corrected chi connectivity index (χ3v) is 4.07. The molecule has 1 N–H and O–H groups in total. The Morgan fingerprint density at radius 1 is 1.00 bits per heavy atom. The van der Waals surface area contributed by atoms with Gasteiger partial charge in [-0.15, -0.1) is 0 Å². The van der Waals surface area contributed by atoms with E-state index in [4.69, 9.17) is 0 Å². The molecule has 1 atom stereocenters. The monoisotopic (exact) mass is 254 g/mol.